The summed E-state index contributed by atoms with van der Waals surface area (Å²) in [5.41, 5.74) is 6.50. The molecular weight excluding hydrogens is 280 g/mol. The van der Waals surface area contributed by atoms with E-state index in [1.165, 1.54) is 44.1 Å². The normalized spacial score (nSPS) is 11.9. The van der Waals surface area contributed by atoms with Crippen LogP contribution in [0.2, 0.25) is 0 Å². The van der Waals surface area contributed by atoms with Crippen LogP contribution < -0.4 is 4.57 Å². The van der Waals surface area contributed by atoms with Crippen LogP contribution in [0, 0.1) is 6.92 Å². The predicted octanol–water partition coefficient (Wildman–Crippen LogP) is 4.48. The average Bonchev–Trinajstić information content (AvgIpc) is 3.07. The van der Waals surface area contributed by atoms with Gasteiger partial charge >= 0.3 is 0 Å². The molecule has 0 fully saturated rings. The lowest BCUT2D eigenvalue weighted by molar-refractivity contribution is -0.660. The van der Waals surface area contributed by atoms with E-state index in [0.29, 0.717) is 0 Å². The van der Waals surface area contributed by atoms with Gasteiger partial charge in [-0.1, -0.05) is 36.4 Å². The topological polar surface area (TPSA) is 8.29 Å². The molecule has 0 saturated heterocycles. The van der Waals surface area contributed by atoms with Crippen LogP contribution in [-0.4, -0.2) is 4.40 Å². The Kier molecular flexibility index (Phi) is 2.38. The highest BCUT2D eigenvalue weighted by Crippen LogP contribution is 2.39. The lowest BCUT2D eigenvalue weighted by Crippen LogP contribution is -2.30. The quantitative estimate of drug-likeness (QED) is 0.403. The smallest absolute Gasteiger partial charge is 0.229 e. The summed E-state index contributed by atoms with van der Waals surface area (Å²) in [6.45, 7) is 2.24. The number of fused-ring (bicyclic) bond motifs is 3. The molecule has 5 rings (SSSR count). The summed E-state index contributed by atoms with van der Waals surface area (Å²) in [6.07, 6.45) is 2.11. The molecule has 2 heteroatoms. The van der Waals surface area contributed by atoms with Gasteiger partial charge in [-0.25, -0.2) is 0 Å². The predicted molar refractivity (Wildman–Crippen MR) is 94.9 cm³/mol. The van der Waals surface area contributed by atoms with Crippen molar-refractivity contribution in [2.24, 2.45) is 7.05 Å². The van der Waals surface area contributed by atoms with Crippen molar-refractivity contribution < 1.29 is 4.57 Å². The standard InChI is InChI=1S/C21H17N2/c1-14-15-9-7-10-17-16-8-3-4-11-18(16)23(21(15)17)20(14)19-12-5-6-13-22(19)2/h3-13H,1-2H3/q+1. The fourth-order valence-corrected chi connectivity index (χ4v) is 3.92. The Hall–Kier alpha value is -2.87. The minimum atomic E-state index is 1.24. The number of hydrogen-bond donors (Lipinski definition) is 0. The fraction of sp³-hybridized carbons (Fsp3) is 0.0952. The number of rotatable bonds is 1. The molecule has 0 unspecified atom stereocenters. The van der Waals surface area contributed by atoms with Gasteiger partial charge in [0.25, 0.3) is 0 Å². The zero-order valence-corrected chi connectivity index (χ0v) is 13.2. The molecule has 0 atom stereocenters. The van der Waals surface area contributed by atoms with Gasteiger partial charge in [0.1, 0.15) is 12.7 Å². The third-order valence-electron chi connectivity index (χ3n) is 4.98. The van der Waals surface area contributed by atoms with Crippen molar-refractivity contribution >= 4 is 27.2 Å². The molecule has 0 aliphatic rings. The van der Waals surface area contributed by atoms with Crippen molar-refractivity contribution in [2.45, 2.75) is 6.92 Å². The minimum absolute atomic E-state index is 1.24. The zero-order valence-electron chi connectivity index (χ0n) is 13.2. The van der Waals surface area contributed by atoms with Gasteiger partial charge in [-0.3, -0.25) is 0 Å². The van der Waals surface area contributed by atoms with Crippen LogP contribution in [0.3, 0.4) is 0 Å². The van der Waals surface area contributed by atoms with E-state index in [-0.39, 0.29) is 0 Å². The summed E-state index contributed by atoms with van der Waals surface area (Å²) in [6, 6.07) is 21.7. The van der Waals surface area contributed by atoms with Crippen LogP contribution in [0.4, 0.5) is 0 Å². The van der Waals surface area contributed by atoms with Crippen molar-refractivity contribution in [3.05, 3.63) is 72.4 Å². The van der Waals surface area contributed by atoms with E-state index < -0.39 is 0 Å². The summed E-state index contributed by atoms with van der Waals surface area (Å²) in [5.74, 6) is 0. The number of nitrogens with zero attached hydrogens (tertiary/aromatic N) is 2. The molecule has 110 valence electrons. The van der Waals surface area contributed by atoms with Gasteiger partial charge in [-0.15, -0.1) is 0 Å². The molecule has 2 nitrogen and oxygen atoms in total. The second-order valence-corrected chi connectivity index (χ2v) is 6.22. The van der Waals surface area contributed by atoms with Crippen LogP contribution in [0.5, 0.6) is 0 Å². The highest BCUT2D eigenvalue weighted by Gasteiger charge is 2.23. The Morgan fingerprint density at radius 1 is 0.783 bits per heavy atom. The number of benzene rings is 2. The first-order valence-electron chi connectivity index (χ1n) is 7.96. The first-order valence-corrected chi connectivity index (χ1v) is 7.96. The van der Waals surface area contributed by atoms with E-state index in [4.69, 9.17) is 0 Å². The number of hydrogen-bond acceptors (Lipinski definition) is 0. The molecule has 0 bridgehead atoms. The highest BCUT2D eigenvalue weighted by atomic mass is 15.0. The third kappa shape index (κ3) is 1.50. The summed E-state index contributed by atoms with van der Waals surface area (Å²) >= 11 is 0. The molecule has 5 aromatic rings. The fourth-order valence-electron chi connectivity index (χ4n) is 3.92. The maximum atomic E-state index is 2.44. The molecule has 0 saturated carbocycles. The van der Waals surface area contributed by atoms with Crippen molar-refractivity contribution in [3.8, 4) is 11.4 Å². The third-order valence-corrected chi connectivity index (χ3v) is 4.98. The molecule has 3 aromatic heterocycles. The molecule has 0 N–H and O–H groups in total. The molecule has 0 amide bonds. The molecule has 0 aliphatic carbocycles. The van der Waals surface area contributed by atoms with E-state index in [2.05, 4.69) is 89.8 Å². The van der Waals surface area contributed by atoms with E-state index in [1.54, 1.807) is 0 Å². The van der Waals surface area contributed by atoms with Gasteiger partial charge < -0.3 is 4.40 Å². The maximum Gasteiger partial charge on any atom is 0.229 e. The monoisotopic (exact) mass is 297 g/mol. The van der Waals surface area contributed by atoms with Crippen LogP contribution in [-0.2, 0) is 7.05 Å². The number of para-hydroxylation sites is 2. The molecule has 3 heterocycles. The maximum absolute atomic E-state index is 2.44. The first-order chi connectivity index (χ1) is 11.3. The number of aryl methyl sites for hydroxylation is 2. The van der Waals surface area contributed by atoms with Crippen LogP contribution in [0.15, 0.2) is 66.9 Å². The second kappa shape index (κ2) is 4.32. The Labute approximate surface area is 134 Å². The highest BCUT2D eigenvalue weighted by molar-refractivity contribution is 6.16. The van der Waals surface area contributed by atoms with Crippen molar-refractivity contribution in [3.63, 3.8) is 0 Å². The Bertz CT molecular complexity index is 1180. The van der Waals surface area contributed by atoms with Crippen molar-refractivity contribution in [2.75, 3.05) is 0 Å². The zero-order chi connectivity index (χ0) is 15.6. The summed E-state index contributed by atoms with van der Waals surface area (Å²) < 4.78 is 4.63. The van der Waals surface area contributed by atoms with Gasteiger partial charge in [-0.05, 0) is 24.6 Å². The Morgan fingerprint density at radius 3 is 2.39 bits per heavy atom. The molecule has 0 spiro atoms. The van der Waals surface area contributed by atoms with Gasteiger partial charge in [0.15, 0.2) is 6.20 Å². The van der Waals surface area contributed by atoms with E-state index >= 15 is 0 Å². The summed E-state index contributed by atoms with van der Waals surface area (Å²) in [4.78, 5) is 0. The van der Waals surface area contributed by atoms with Crippen LogP contribution in [0.25, 0.3) is 38.6 Å². The lowest BCUT2D eigenvalue weighted by Gasteiger charge is -2.03. The van der Waals surface area contributed by atoms with Gasteiger partial charge in [0.2, 0.25) is 5.69 Å². The Morgan fingerprint density at radius 2 is 1.52 bits per heavy atom. The molecule has 2 aromatic carbocycles. The molecule has 0 aliphatic heterocycles. The number of pyridine rings is 1. The Balaban J connectivity index is 2.11. The minimum Gasteiger partial charge on any atom is -0.303 e. The van der Waals surface area contributed by atoms with E-state index in [9.17, 15) is 0 Å². The van der Waals surface area contributed by atoms with Crippen LogP contribution in [0.1, 0.15) is 5.56 Å². The van der Waals surface area contributed by atoms with Crippen molar-refractivity contribution in [1.29, 1.82) is 0 Å². The molecule has 0 radical (unpaired) electrons. The van der Waals surface area contributed by atoms with Crippen LogP contribution >= 0.6 is 0 Å². The van der Waals surface area contributed by atoms with Gasteiger partial charge in [-0.2, -0.15) is 4.57 Å². The van der Waals surface area contributed by atoms with Crippen molar-refractivity contribution in [1.82, 2.24) is 4.40 Å². The number of aromatic nitrogens is 2. The largest absolute Gasteiger partial charge is 0.303 e. The SMILES string of the molecule is Cc1c(-c2cccc[n+]2C)n2c3ccccc3c3cccc1c32. The molecule has 23 heavy (non-hydrogen) atoms. The van der Waals surface area contributed by atoms with Gasteiger partial charge in [0, 0.05) is 28.3 Å². The summed E-state index contributed by atoms with van der Waals surface area (Å²) in [7, 11) is 2.11. The lowest BCUT2D eigenvalue weighted by atomic mass is 10.1. The van der Waals surface area contributed by atoms with E-state index in [1.807, 2.05) is 0 Å². The van der Waals surface area contributed by atoms with Gasteiger partial charge in [0.05, 0.1) is 11.0 Å². The first kappa shape index (κ1) is 12.7. The average molecular weight is 297 g/mol. The second-order valence-electron chi connectivity index (χ2n) is 6.22. The summed E-state index contributed by atoms with van der Waals surface area (Å²) in [5, 5.41) is 4.01. The van der Waals surface area contributed by atoms with E-state index in [0.717, 1.165) is 0 Å². The molecular formula is C21H17N2+.